The zero-order valence-electron chi connectivity index (χ0n) is 14.6. The number of carbonyl (C=O) groups is 1. The first-order valence-electron chi connectivity index (χ1n) is 7.98. The second-order valence-electron chi connectivity index (χ2n) is 5.81. The van der Waals surface area contributed by atoms with E-state index >= 15 is 0 Å². The molecule has 0 aliphatic rings. The molecule has 140 valence electrons. The molecule has 6 nitrogen and oxygen atoms in total. The minimum absolute atomic E-state index is 0.0812. The van der Waals surface area contributed by atoms with Gasteiger partial charge in [0.05, 0.1) is 17.5 Å². The standard InChI is InChI=1S/C18H21ClN2O4S/c1-14(13-25-16-6-4-3-5-7-16)20-18(22)12-21(2)26(23,24)17-10-8-15(19)9-11-17/h3-11,14H,12-13H2,1-2H3,(H,20,22)/t14-/m0/s1. The highest BCUT2D eigenvalue weighted by molar-refractivity contribution is 7.89. The van der Waals surface area contributed by atoms with E-state index in [-0.39, 0.29) is 24.1 Å². The number of para-hydroxylation sites is 1. The molecule has 0 bridgehead atoms. The first kappa shape index (κ1) is 20.2. The Morgan fingerprint density at radius 2 is 1.77 bits per heavy atom. The normalized spacial score (nSPS) is 12.6. The molecule has 8 heteroatoms. The highest BCUT2D eigenvalue weighted by atomic mass is 35.5. The Morgan fingerprint density at radius 1 is 1.15 bits per heavy atom. The minimum Gasteiger partial charge on any atom is -0.491 e. The van der Waals surface area contributed by atoms with Crippen molar-refractivity contribution in [3.8, 4) is 5.75 Å². The summed E-state index contributed by atoms with van der Waals surface area (Å²) in [6.07, 6.45) is 0. The predicted molar refractivity (Wildman–Crippen MR) is 101 cm³/mol. The third-order valence-corrected chi connectivity index (χ3v) is 5.61. The maximum atomic E-state index is 12.5. The highest BCUT2D eigenvalue weighted by Gasteiger charge is 2.23. The number of ether oxygens (including phenoxy) is 1. The topological polar surface area (TPSA) is 75.7 Å². The van der Waals surface area contributed by atoms with Crippen molar-refractivity contribution < 1.29 is 17.9 Å². The van der Waals surface area contributed by atoms with Crippen LogP contribution in [0.4, 0.5) is 0 Å². The zero-order valence-corrected chi connectivity index (χ0v) is 16.1. The SMILES string of the molecule is C[C@@H](COc1ccccc1)NC(=O)CN(C)S(=O)(=O)c1ccc(Cl)cc1. The van der Waals surface area contributed by atoms with Gasteiger partial charge in [-0.1, -0.05) is 29.8 Å². The summed E-state index contributed by atoms with van der Waals surface area (Å²) in [5.74, 6) is 0.297. The Balaban J connectivity index is 1.86. The molecule has 0 unspecified atom stereocenters. The summed E-state index contributed by atoms with van der Waals surface area (Å²) in [5.41, 5.74) is 0. The third-order valence-electron chi connectivity index (χ3n) is 3.54. The van der Waals surface area contributed by atoms with E-state index in [4.69, 9.17) is 16.3 Å². The quantitative estimate of drug-likeness (QED) is 0.744. The number of rotatable bonds is 8. The van der Waals surface area contributed by atoms with Crippen molar-refractivity contribution in [2.24, 2.45) is 0 Å². The van der Waals surface area contributed by atoms with Crippen LogP contribution in [-0.2, 0) is 14.8 Å². The van der Waals surface area contributed by atoms with Gasteiger partial charge in [-0.3, -0.25) is 4.79 Å². The van der Waals surface area contributed by atoms with Gasteiger partial charge in [-0.25, -0.2) is 8.42 Å². The van der Waals surface area contributed by atoms with Gasteiger partial charge in [0.15, 0.2) is 0 Å². The molecule has 1 amide bonds. The fourth-order valence-corrected chi connectivity index (χ4v) is 3.43. The van der Waals surface area contributed by atoms with Gasteiger partial charge in [0, 0.05) is 12.1 Å². The molecule has 26 heavy (non-hydrogen) atoms. The van der Waals surface area contributed by atoms with Crippen LogP contribution in [0.2, 0.25) is 5.02 Å². The molecular formula is C18H21ClN2O4S. The van der Waals surface area contributed by atoms with Crippen molar-refractivity contribution in [2.45, 2.75) is 17.9 Å². The van der Waals surface area contributed by atoms with Crippen molar-refractivity contribution in [2.75, 3.05) is 20.2 Å². The number of likely N-dealkylation sites (N-methyl/N-ethyl adjacent to an activating group) is 1. The maximum absolute atomic E-state index is 12.5. The summed E-state index contributed by atoms with van der Waals surface area (Å²) in [4.78, 5) is 12.2. The highest BCUT2D eigenvalue weighted by Crippen LogP contribution is 2.17. The van der Waals surface area contributed by atoms with Gasteiger partial charge >= 0.3 is 0 Å². The van der Waals surface area contributed by atoms with Crippen LogP contribution in [0.25, 0.3) is 0 Å². The average molecular weight is 397 g/mol. The minimum atomic E-state index is -3.76. The second-order valence-corrected chi connectivity index (χ2v) is 8.29. The van der Waals surface area contributed by atoms with Crippen LogP contribution in [0.15, 0.2) is 59.5 Å². The Labute approximate surface area is 158 Å². The molecule has 1 atom stereocenters. The molecule has 0 fully saturated rings. The lowest BCUT2D eigenvalue weighted by atomic mass is 10.3. The maximum Gasteiger partial charge on any atom is 0.243 e. The van der Waals surface area contributed by atoms with Gasteiger partial charge in [-0.2, -0.15) is 4.31 Å². The summed E-state index contributed by atoms with van der Waals surface area (Å²) in [6.45, 7) is 1.78. The first-order valence-corrected chi connectivity index (χ1v) is 9.80. The van der Waals surface area contributed by atoms with Gasteiger partial charge in [0.2, 0.25) is 15.9 Å². The number of halogens is 1. The molecule has 0 radical (unpaired) electrons. The number of carbonyl (C=O) groups excluding carboxylic acids is 1. The van der Waals surface area contributed by atoms with Crippen LogP contribution in [0, 0.1) is 0 Å². The smallest absolute Gasteiger partial charge is 0.243 e. The third kappa shape index (κ3) is 5.72. The van der Waals surface area contributed by atoms with Gasteiger partial charge in [-0.15, -0.1) is 0 Å². The molecule has 1 N–H and O–H groups in total. The van der Waals surface area contributed by atoms with E-state index in [1.165, 1.54) is 31.3 Å². The lowest BCUT2D eigenvalue weighted by molar-refractivity contribution is -0.121. The van der Waals surface area contributed by atoms with Crippen molar-refractivity contribution in [3.05, 3.63) is 59.6 Å². The van der Waals surface area contributed by atoms with Crippen molar-refractivity contribution in [1.29, 1.82) is 0 Å². The van der Waals surface area contributed by atoms with Crippen LogP contribution in [0.1, 0.15) is 6.92 Å². The van der Waals surface area contributed by atoms with Gasteiger partial charge in [0.1, 0.15) is 12.4 Å². The first-order chi connectivity index (χ1) is 12.3. The monoisotopic (exact) mass is 396 g/mol. The Hall–Kier alpha value is -2.09. The number of benzene rings is 2. The zero-order chi connectivity index (χ0) is 19.2. The van der Waals surface area contributed by atoms with Crippen LogP contribution in [0.5, 0.6) is 5.75 Å². The van der Waals surface area contributed by atoms with Gasteiger partial charge in [0.25, 0.3) is 0 Å². The number of amides is 1. The van der Waals surface area contributed by atoms with E-state index in [1.807, 2.05) is 30.3 Å². The van der Waals surface area contributed by atoms with Crippen LogP contribution in [0.3, 0.4) is 0 Å². The van der Waals surface area contributed by atoms with Crippen LogP contribution >= 0.6 is 11.6 Å². The molecule has 0 saturated carbocycles. The molecule has 2 aromatic carbocycles. The summed E-state index contributed by atoms with van der Waals surface area (Å²) in [5, 5.41) is 3.16. The Bertz CT molecular complexity index is 826. The molecule has 0 aliphatic heterocycles. The Kier molecular flexibility index (Phi) is 7.02. The van der Waals surface area contributed by atoms with E-state index in [0.29, 0.717) is 10.8 Å². The molecular weight excluding hydrogens is 376 g/mol. The van der Waals surface area contributed by atoms with E-state index < -0.39 is 15.9 Å². The molecule has 2 aromatic rings. The lowest BCUT2D eigenvalue weighted by Gasteiger charge is -2.19. The molecule has 0 spiro atoms. The largest absolute Gasteiger partial charge is 0.491 e. The molecule has 2 rings (SSSR count). The second kappa shape index (κ2) is 9.02. The predicted octanol–water partition coefficient (Wildman–Crippen LogP) is 2.54. The number of nitrogens with one attached hydrogen (secondary N) is 1. The van der Waals surface area contributed by atoms with Crippen LogP contribution < -0.4 is 10.1 Å². The summed E-state index contributed by atoms with van der Waals surface area (Å²) >= 11 is 5.77. The average Bonchev–Trinajstić information content (AvgIpc) is 2.61. The van der Waals surface area contributed by atoms with Crippen molar-refractivity contribution in [1.82, 2.24) is 9.62 Å². The van der Waals surface area contributed by atoms with Crippen LogP contribution in [-0.4, -0.2) is 44.9 Å². The summed E-state index contributed by atoms with van der Waals surface area (Å²) in [7, 11) is -2.40. The van der Waals surface area contributed by atoms with E-state index in [2.05, 4.69) is 5.32 Å². The fourth-order valence-electron chi connectivity index (χ4n) is 2.17. The number of hydrogen-bond donors (Lipinski definition) is 1. The van der Waals surface area contributed by atoms with E-state index in [0.717, 1.165) is 4.31 Å². The fraction of sp³-hybridized carbons (Fsp3) is 0.278. The lowest BCUT2D eigenvalue weighted by Crippen LogP contribution is -2.43. The molecule has 0 heterocycles. The summed E-state index contributed by atoms with van der Waals surface area (Å²) in [6, 6.07) is 14.8. The number of hydrogen-bond acceptors (Lipinski definition) is 4. The van der Waals surface area contributed by atoms with E-state index in [1.54, 1.807) is 6.92 Å². The van der Waals surface area contributed by atoms with Crippen molar-refractivity contribution in [3.63, 3.8) is 0 Å². The van der Waals surface area contributed by atoms with Crippen molar-refractivity contribution >= 4 is 27.5 Å². The molecule has 0 saturated heterocycles. The number of nitrogens with zero attached hydrogens (tertiary/aromatic N) is 1. The molecule has 0 aliphatic carbocycles. The van der Waals surface area contributed by atoms with Gasteiger partial charge < -0.3 is 10.1 Å². The Morgan fingerprint density at radius 3 is 2.38 bits per heavy atom. The van der Waals surface area contributed by atoms with E-state index in [9.17, 15) is 13.2 Å². The molecule has 0 aromatic heterocycles. The van der Waals surface area contributed by atoms with Gasteiger partial charge in [-0.05, 0) is 43.3 Å². The number of sulfonamides is 1. The summed E-state index contributed by atoms with van der Waals surface area (Å²) < 4.78 is 31.5.